The normalized spacial score (nSPS) is 18.3. The van der Waals surface area contributed by atoms with E-state index in [1.807, 2.05) is 24.3 Å². The molecule has 0 aromatic heterocycles. The van der Waals surface area contributed by atoms with Crippen LogP contribution in [0.3, 0.4) is 0 Å². The molecule has 2 aliphatic rings. The lowest BCUT2D eigenvalue weighted by Crippen LogP contribution is -2.50. The SMILES string of the molecule is COc1ccc(OCC2c3cc(OC)c(OC)cc3CCN2C(=S)NC2CCCCC2)cc1. The average molecular weight is 471 g/mol. The van der Waals surface area contributed by atoms with Crippen LogP contribution in [0.2, 0.25) is 0 Å². The molecular formula is C26H34N2O4S. The van der Waals surface area contributed by atoms with Crippen LogP contribution in [0.25, 0.3) is 0 Å². The highest BCUT2D eigenvalue weighted by Crippen LogP contribution is 2.38. The van der Waals surface area contributed by atoms with Crippen molar-refractivity contribution in [3.63, 3.8) is 0 Å². The molecule has 0 saturated heterocycles. The lowest BCUT2D eigenvalue weighted by molar-refractivity contribution is 0.185. The van der Waals surface area contributed by atoms with Gasteiger partial charge in [-0.3, -0.25) is 0 Å². The van der Waals surface area contributed by atoms with Crippen LogP contribution >= 0.6 is 12.2 Å². The van der Waals surface area contributed by atoms with Crippen molar-refractivity contribution in [2.24, 2.45) is 0 Å². The van der Waals surface area contributed by atoms with E-state index in [2.05, 4.69) is 22.3 Å². The van der Waals surface area contributed by atoms with Crippen LogP contribution in [0, 0.1) is 0 Å². The summed E-state index contributed by atoms with van der Waals surface area (Å²) in [5.74, 6) is 3.08. The summed E-state index contributed by atoms with van der Waals surface area (Å²) in [6, 6.07) is 12.3. The topological polar surface area (TPSA) is 52.2 Å². The maximum atomic E-state index is 6.25. The summed E-state index contributed by atoms with van der Waals surface area (Å²) in [5.41, 5.74) is 2.41. The van der Waals surface area contributed by atoms with Crippen molar-refractivity contribution in [2.45, 2.75) is 50.6 Å². The van der Waals surface area contributed by atoms with Crippen LogP contribution in [0.5, 0.6) is 23.0 Å². The minimum Gasteiger partial charge on any atom is -0.497 e. The molecule has 1 fully saturated rings. The van der Waals surface area contributed by atoms with Crippen molar-refractivity contribution in [2.75, 3.05) is 34.5 Å². The Balaban J connectivity index is 1.58. The fourth-order valence-corrected chi connectivity index (χ4v) is 5.19. The van der Waals surface area contributed by atoms with Gasteiger partial charge >= 0.3 is 0 Å². The van der Waals surface area contributed by atoms with Gasteiger partial charge < -0.3 is 29.2 Å². The molecule has 1 heterocycles. The van der Waals surface area contributed by atoms with Gasteiger partial charge in [-0.25, -0.2) is 0 Å². The number of hydrogen-bond acceptors (Lipinski definition) is 5. The highest BCUT2D eigenvalue weighted by atomic mass is 32.1. The number of nitrogens with zero attached hydrogens (tertiary/aromatic N) is 1. The summed E-state index contributed by atoms with van der Waals surface area (Å²) < 4.78 is 22.7. The second-order valence-corrected chi connectivity index (χ2v) is 9.02. The third kappa shape index (κ3) is 5.46. The van der Waals surface area contributed by atoms with Crippen LogP contribution < -0.4 is 24.3 Å². The lowest BCUT2D eigenvalue weighted by atomic mass is 9.92. The van der Waals surface area contributed by atoms with Gasteiger partial charge in [0, 0.05) is 12.6 Å². The van der Waals surface area contributed by atoms with Crippen LogP contribution in [-0.2, 0) is 6.42 Å². The molecule has 1 atom stereocenters. The Labute approximate surface area is 202 Å². The van der Waals surface area contributed by atoms with Gasteiger partial charge in [0.05, 0.1) is 27.4 Å². The van der Waals surface area contributed by atoms with Crippen molar-refractivity contribution in [3.8, 4) is 23.0 Å². The standard InChI is InChI=1S/C26H34N2O4S/c1-29-20-9-11-21(12-10-20)32-17-23-22-16-25(31-3)24(30-2)15-18(22)13-14-28(23)26(33)27-19-7-5-4-6-8-19/h9-12,15-16,19,23H,4-8,13-14,17H2,1-3H3,(H,27,33). The van der Waals surface area contributed by atoms with Crippen molar-refractivity contribution in [1.29, 1.82) is 0 Å². The minimum absolute atomic E-state index is 0.0285. The fourth-order valence-electron chi connectivity index (χ4n) is 4.80. The van der Waals surface area contributed by atoms with Gasteiger partial charge in [0.2, 0.25) is 0 Å². The number of methoxy groups -OCH3 is 3. The molecule has 2 aromatic carbocycles. The monoisotopic (exact) mass is 470 g/mol. The zero-order chi connectivity index (χ0) is 23.2. The second kappa shape index (κ2) is 11.0. The zero-order valence-electron chi connectivity index (χ0n) is 19.8. The van der Waals surface area contributed by atoms with Crippen molar-refractivity contribution in [1.82, 2.24) is 10.2 Å². The van der Waals surface area contributed by atoms with Crippen LogP contribution in [0.15, 0.2) is 36.4 Å². The summed E-state index contributed by atoms with van der Waals surface area (Å²) in [4.78, 5) is 2.28. The third-order valence-corrected chi connectivity index (χ3v) is 7.02. The van der Waals surface area contributed by atoms with E-state index in [0.29, 0.717) is 12.6 Å². The number of rotatable bonds is 7. The molecule has 2 aromatic rings. The molecule has 33 heavy (non-hydrogen) atoms. The quantitative estimate of drug-likeness (QED) is 0.578. The summed E-state index contributed by atoms with van der Waals surface area (Å²) in [5, 5.41) is 4.45. The maximum absolute atomic E-state index is 6.25. The molecule has 7 heteroatoms. The summed E-state index contributed by atoms with van der Waals surface area (Å²) >= 11 is 5.92. The molecule has 1 aliphatic heterocycles. The Morgan fingerprint density at radius 1 is 0.939 bits per heavy atom. The molecule has 178 valence electrons. The van der Waals surface area contributed by atoms with Crippen LogP contribution in [0.4, 0.5) is 0 Å². The predicted molar refractivity (Wildman–Crippen MR) is 134 cm³/mol. The average Bonchev–Trinajstić information content (AvgIpc) is 2.87. The number of fused-ring (bicyclic) bond motifs is 1. The summed E-state index contributed by atoms with van der Waals surface area (Å²) in [7, 11) is 5.00. The number of nitrogens with one attached hydrogen (secondary N) is 1. The zero-order valence-corrected chi connectivity index (χ0v) is 20.6. The Hall–Kier alpha value is -2.67. The molecule has 6 nitrogen and oxygen atoms in total. The van der Waals surface area contributed by atoms with Gasteiger partial charge in [-0.2, -0.15) is 0 Å². The van der Waals surface area contributed by atoms with Crippen LogP contribution in [0.1, 0.15) is 49.3 Å². The van der Waals surface area contributed by atoms with E-state index in [0.717, 1.165) is 41.1 Å². The molecule has 0 spiro atoms. The number of benzene rings is 2. The molecule has 0 amide bonds. The first kappa shape index (κ1) is 23.5. The van der Waals surface area contributed by atoms with Gasteiger partial charge in [-0.15, -0.1) is 0 Å². The third-order valence-electron chi connectivity index (χ3n) is 6.66. The number of ether oxygens (including phenoxy) is 4. The van der Waals surface area contributed by atoms with E-state index in [1.165, 1.54) is 43.2 Å². The van der Waals surface area contributed by atoms with E-state index >= 15 is 0 Å². The Kier molecular flexibility index (Phi) is 7.81. The summed E-state index contributed by atoms with van der Waals surface area (Å²) in [6.45, 7) is 1.30. The first-order valence-corrected chi connectivity index (χ1v) is 12.1. The van der Waals surface area contributed by atoms with Gasteiger partial charge in [0.25, 0.3) is 0 Å². The molecule has 1 N–H and O–H groups in total. The fraction of sp³-hybridized carbons (Fsp3) is 0.500. The lowest BCUT2D eigenvalue weighted by Gasteiger charge is -2.40. The van der Waals surface area contributed by atoms with Gasteiger partial charge in [-0.05, 0) is 79.0 Å². The molecule has 1 saturated carbocycles. The van der Waals surface area contributed by atoms with E-state index in [9.17, 15) is 0 Å². The molecule has 0 bridgehead atoms. The van der Waals surface area contributed by atoms with E-state index in [-0.39, 0.29) is 6.04 Å². The smallest absolute Gasteiger partial charge is 0.169 e. The molecule has 4 rings (SSSR count). The van der Waals surface area contributed by atoms with Gasteiger partial charge in [0.1, 0.15) is 18.1 Å². The van der Waals surface area contributed by atoms with Crippen LogP contribution in [-0.4, -0.2) is 50.5 Å². The molecule has 1 unspecified atom stereocenters. The summed E-state index contributed by atoms with van der Waals surface area (Å²) in [6.07, 6.45) is 7.11. The van der Waals surface area contributed by atoms with E-state index in [4.69, 9.17) is 31.2 Å². The van der Waals surface area contributed by atoms with Gasteiger partial charge in [-0.1, -0.05) is 19.3 Å². The minimum atomic E-state index is -0.0285. The highest BCUT2D eigenvalue weighted by molar-refractivity contribution is 7.80. The highest BCUT2D eigenvalue weighted by Gasteiger charge is 2.32. The first-order valence-electron chi connectivity index (χ1n) is 11.7. The Bertz CT molecular complexity index is 944. The molecule has 0 radical (unpaired) electrons. The van der Waals surface area contributed by atoms with Gasteiger partial charge in [0.15, 0.2) is 16.6 Å². The largest absolute Gasteiger partial charge is 0.497 e. The Morgan fingerprint density at radius 3 is 2.27 bits per heavy atom. The predicted octanol–water partition coefficient (Wildman–Crippen LogP) is 4.90. The first-order chi connectivity index (χ1) is 16.1. The number of thiocarbonyl (C=S) groups is 1. The van der Waals surface area contributed by atoms with Crippen molar-refractivity contribution >= 4 is 17.3 Å². The molecular weight excluding hydrogens is 436 g/mol. The second-order valence-electron chi connectivity index (χ2n) is 8.64. The van der Waals surface area contributed by atoms with E-state index in [1.54, 1.807) is 21.3 Å². The number of hydrogen-bond donors (Lipinski definition) is 1. The van der Waals surface area contributed by atoms with Crippen molar-refractivity contribution in [3.05, 3.63) is 47.5 Å². The maximum Gasteiger partial charge on any atom is 0.169 e. The van der Waals surface area contributed by atoms with Crippen molar-refractivity contribution < 1.29 is 18.9 Å². The molecule has 1 aliphatic carbocycles. The Morgan fingerprint density at radius 2 is 1.61 bits per heavy atom. The van der Waals surface area contributed by atoms with E-state index < -0.39 is 0 Å².